The SMILES string of the molecule is CCCN1CCN(C(=O)C23CCC(N)(CC2)CC3)CC1. The summed E-state index contributed by atoms with van der Waals surface area (Å²) in [6.07, 6.45) is 7.43. The van der Waals surface area contributed by atoms with Gasteiger partial charge in [-0.15, -0.1) is 0 Å². The lowest BCUT2D eigenvalue weighted by Crippen LogP contribution is -2.59. The second-order valence-electron chi connectivity index (χ2n) is 7.28. The maximum Gasteiger partial charge on any atom is 0.228 e. The number of rotatable bonds is 3. The molecule has 0 radical (unpaired) electrons. The van der Waals surface area contributed by atoms with Crippen LogP contribution in [-0.2, 0) is 4.79 Å². The molecule has 4 rings (SSSR count). The minimum absolute atomic E-state index is 0.0476. The zero-order valence-electron chi connectivity index (χ0n) is 12.9. The molecule has 3 aliphatic carbocycles. The molecular weight excluding hydrogens is 250 g/mol. The molecule has 1 saturated heterocycles. The number of nitrogens with two attached hydrogens (primary N) is 1. The third kappa shape index (κ3) is 2.48. The lowest BCUT2D eigenvalue weighted by molar-refractivity contribution is -0.150. The Morgan fingerprint density at radius 2 is 1.55 bits per heavy atom. The lowest BCUT2D eigenvalue weighted by Gasteiger charge is -2.52. The molecule has 0 atom stereocenters. The van der Waals surface area contributed by atoms with Crippen LogP contribution in [0.15, 0.2) is 0 Å². The number of amides is 1. The van der Waals surface area contributed by atoms with Crippen molar-refractivity contribution >= 4 is 5.91 Å². The predicted molar refractivity (Wildman–Crippen MR) is 80.4 cm³/mol. The van der Waals surface area contributed by atoms with E-state index in [1.807, 2.05) is 0 Å². The molecule has 20 heavy (non-hydrogen) atoms. The Morgan fingerprint density at radius 3 is 2.05 bits per heavy atom. The molecule has 1 aliphatic heterocycles. The van der Waals surface area contributed by atoms with E-state index < -0.39 is 0 Å². The van der Waals surface area contributed by atoms with E-state index in [1.54, 1.807) is 0 Å². The third-order valence-electron chi connectivity index (χ3n) is 5.96. The van der Waals surface area contributed by atoms with Crippen LogP contribution >= 0.6 is 0 Å². The van der Waals surface area contributed by atoms with Crippen molar-refractivity contribution in [3.05, 3.63) is 0 Å². The van der Waals surface area contributed by atoms with Crippen molar-refractivity contribution in [3.63, 3.8) is 0 Å². The molecule has 4 fully saturated rings. The Morgan fingerprint density at radius 1 is 1.00 bits per heavy atom. The van der Waals surface area contributed by atoms with Crippen LogP contribution in [0, 0.1) is 5.41 Å². The summed E-state index contributed by atoms with van der Waals surface area (Å²) in [7, 11) is 0. The van der Waals surface area contributed by atoms with Crippen molar-refractivity contribution in [1.82, 2.24) is 9.80 Å². The Balaban J connectivity index is 1.60. The van der Waals surface area contributed by atoms with Crippen molar-refractivity contribution in [3.8, 4) is 0 Å². The fourth-order valence-electron chi connectivity index (χ4n) is 4.36. The Hall–Kier alpha value is -0.610. The Labute approximate surface area is 122 Å². The summed E-state index contributed by atoms with van der Waals surface area (Å²) in [4.78, 5) is 17.6. The average molecular weight is 279 g/mol. The van der Waals surface area contributed by atoms with Crippen molar-refractivity contribution < 1.29 is 4.79 Å². The smallest absolute Gasteiger partial charge is 0.228 e. The van der Waals surface area contributed by atoms with E-state index in [0.717, 1.165) is 64.7 Å². The largest absolute Gasteiger partial charge is 0.340 e. The van der Waals surface area contributed by atoms with Crippen molar-refractivity contribution in [2.75, 3.05) is 32.7 Å². The van der Waals surface area contributed by atoms with Crippen LogP contribution in [0.5, 0.6) is 0 Å². The fraction of sp³-hybridized carbons (Fsp3) is 0.938. The molecule has 4 nitrogen and oxygen atoms in total. The van der Waals surface area contributed by atoms with Gasteiger partial charge in [-0.1, -0.05) is 6.92 Å². The van der Waals surface area contributed by atoms with E-state index >= 15 is 0 Å². The van der Waals surface area contributed by atoms with Gasteiger partial charge in [0, 0.05) is 37.1 Å². The van der Waals surface area contributed by atoms with E-state index in [2.05, 4.69) is 16.7 Å². The Kier molecular flexibility index (Phi) is 3.80. The topological polar surface area (TPSA) is 49.6 Å². The van der Waals surface area contributed by atoms with Crippen LogP contribution in [0.1, 0.15) is 51.9 Å². The monoisotopic (exact) mass is 279 g/mol. The number of hydrogen-bond donors (Lipinski definition) is 1. The molecule has 0 aromatic rings. The average Bonchev–Trinajstić information content (AvgIpc) is 2.49. The summed E-state index contributed by atoms with van der Waals surface area (Å²) < 4.78 is 0. The van der Waals surface area contributed by atoms with Gasteiger partial charge in [-0.25, -0.2) is 0 Å². The molecule has 4 aliphatic rings. The van der Waals surface area contributed by atoms with E-state index in [4.69, 9.17) is 5.73 Å². The van der Waals surface area contributed by atoms with Gasteiger partial charge in [-0.05, 0) is 51.5 Å². The maximum atomic E-state index is 13.0. The highest BCUT2D eigenvalue weighted by atomic mass is 16.2. The number of nitrogens with zero attached hydrogens (tertiary/aromatic N) is 2. The minimum atomic E-state index is -0.0476. The van der Waals surface area contributed by atoms with Crippen LogP contribution < -0.4 is 5.73 Å². The summed E-state index contributed by atoms with van der Waals surface area (Å²) in [6, 6.07) is 0. The lowest BCUT2D eigenvalue weighted by atomic mass is 9.57. The predicted octanol–water partition coefficient (Wildman–Crippen LogP) is 1.59. The summed E-state index contributed by atoms with van der Waals surface area (Å²) in [6.45, 7) is 7.35. The number of fused-ring (bicyclic) bond motifs is 3. The fourth-order valence-corrected chi connectivity index (χ4v) is 4.36. The molecule has 4 heteroatoms. The first-order valence-electron chi connectivity index (χ1n) is 8.38. The summed E-state index contributed by atoms with van der Waals surface area (Å²) in [5, 5.41) is 0. The highest BCUT2D eigenvalue weighted by Gasteiger charge is 2.52. The van der Waals surface area contributed by atoms with Crippen molar-refractivity contribution in [2.45, 2.75) is 57.4 Å². The van der Waals surface area contributed by atoms with Gasteiger partial charge < -0.3 is 10.6 Å². The number of carbonyl (C=O) groups is 1. The number of hydrogen-bond acceptors (Lipinski definition) is 3. The summed E-state index contributed by atoms with van der Waals surface area (Å²) >= 11 is 0. The first-order valence-corrected chi connectivity index (χ1v) is 8.38. The van der Waals surface area contributed by atoms with Gasteiger partial charge in [-0.2, -0.15) is 0 Å². The maximum absolute atomic E-state index is 13.0. The van der Waals surface area contributed by atoms with E-state index in [9.17, 15) is 4.79 Å². The van der Waals surface area contributed by atoms with Gasteiger partial charge in [0.25, 0.3) is 0 Å². The zero-order valence-corrected chi connectivity index (χ0v) is 12.9. The van der Waals surface area contributed by atoms with E-state index in [-0.39, 0.29) is 11.0 Å². The van der Waals surface area contributed by atoms with Gasteiger partial charge in [0.15, 0.2) is 0 Å². The van der Waals surface area contributed by atoms with Crippen LogP contribution in [-0.4, -0.2) is 54.0 Å². The van der Waals surface area contributed by atoms with Crippen LogP contribution in [0.2, 0.25) is 0 Å². The second kappa shape index (κ2) is 5.30. The first-order chi connectivity index (χ1) is 9.57. The van der Waals surface area contributed by atoms with Crippen LogP contribution in [0.4, 0.5) is 0 Å². The highest BCUT2D eigenvalue weighted by molar-refractivity contribution is 5.83. The molecule has 0 unspecified atom stereocenters. The van der Waals surface area contributed by atoms with E-state index in [1.165, 1.54) is 13.0 Å². The van der Waals surface area contributed by atoms with E-state index in [0.29, 0.717) is 5.91 Å². The highest BCUT2D eigenvalue weighted by Crippen LogP contribution is 2.52. The molecule has 1 heterocycles. The Bertz CT molecular complexity index is 349. The van der Waals surface area contributed by atoms with Gasteiger partial charge in [-0.3, -0.25) is 9.69 Å². The normalized spacial score (nSPS) is 38.2. The third-order valence-corrected chi connectivity index (χ3v) is 5.96. The quantitative estimate of drug-likeness (QED) is 0.853. The van der Waals surface area contributed by atoms with Crippen LogP contribution in [0.3, 0.4) is 0 Å². The summed E-state index contributed by atoms with van der Waals surface area (Å²) in [5.74, 6) is 0.440. The second-order valence-corrected chi connectivity index (χ2v) is 7.28. The van der Waals surface area contributed by atoms with Crippen molar-refractivity contribution in [1.29, 1.82) is 0 Å². The standard InChI is InChI=1S/C16H29N3O/c1-2-9-18-10-12-19(13-11-18)14(20)15-3-6-16(17,7-4-15)8-5-15/h2-13,17H2,1H3. The van der Waals surface area contributed by atoms with Gasteiger partial charge in [0.05, 0.1) is 0 Å². The number of piperazine rings is 1. The zero-order chi connectivity index (χ0) is 14.2. The van der Waals surface area contributed by atoms with Gasteiger partial charge >= 0.3 is 0 Å². The van der Waals surface area contributed by atoms with Crippen LogP contribution in [0.25, 0.3) is 0 Å². The van der Waals surface area contributed by atoms with Gasteiger partial charge in [0.1, 0.15) is 0 Å². The van der Waals surface area contributed by atoms with Gasteiger partial charge in [0.2, 0.25) is 5.91 Å². The molecule has 0 spiro atoms. The van der Waals surface area contributed by atoms with Crippen molar-refractivity contribution in [2.24, 2.45) is 11.1 Å². The molecule has 1 amide bonds. The molecule has 3 saturated carbocycles. The molecular formula is C16H29N3O. The molecule has 0 aromatic heterocycles. The molecule has 114 valence electrons. The molecule has 0 aromatic carbocycles. The molecule has 2 bridgehead atoms. The molecule has 2 N–H and O–H groups in total. The minimum Gasteiger partial charge on any atom is -0.340 e. The summed E-state index contributed by atoms with van der Waals surface area (Å²) in [5.41, 5.74) is 6.36. The number of carbonyl (C=O) groups excluding carboxylic acids is 1. The first kappa shape index (κ1) is 14.3.